The molecule has 23 heavy (non-hydrogen) atoms. The van der Waals surface area contributed by atoms with Crippen molar-refractivity contribution in [3.8, 4) is 17.3 Å². The van der Waals surface area contributed by atoms with Crippen LogP contribution in [0.4, 0.5) is 4.39 Å². The van der Waals surface area contributed by atoms with Gasteiger partial charge in [0, 0.05) is 6.20 Å². The second kappa shape index (κ2) is 5.75. The second-order valence-corrected chi connectivity index (χ2v) is 5.55. The van der Waals surface area contributed by atoms with Gasteiger partial charge in [-0.15, -0.1) is 12.4 Å². The zero-order valence-electron chi connectivity index (χ0n) is 12.1. The Balaban J connectivity index is 0.00000156. The van der Waals surface area contributed by atoms with Crippen molar-refractivity contribution in [1.82, 2.24) is 19.9 Å². The first-order valence-electron chi connectivity index (χ1n) is 7.09. The number of nitrogens with zero attached hydrogens (tertiary/aromatic N) is 4. The Morgan fingerprint density at radius 2 is 1.91 bits per heavy atom. The molecule has 2 N–H and O–H groups in total. The lowest BCUT2D eigenvalue weighted by molar-refractivity contribution is 0.229. The summed E-state index contributed by atoms with van der Waals surface area (Å²) in [6.45, 7) is 0. The molecule has 3 aromatic rings. The fourth-order valence-corrected chi connectivity index (χ4v) is 2.49. The summed E-state index contributed by atoms with van der Waals surface area (Å²) < 4.78 is 19.8. The summed E-state index contributed by atoms with van der Waals surface area (Å²) in [4.78, 5) is 4.36. The van der Waals surface area contributed by atoms with E-state index in [4.69, 9.17) is 10.3 Å². The summed E-state index contributed by atoms with van der Waals surface area (Å²) >= 11 is 0. The van der Waals surface area contributed by atoms with Crippen LogP contribution in [0.15, 0.2) is 41.1 Å². The molecule has 1 aliphatic carbocycles. The van der Waals surface area contributed by atoms with E-state index in [1.807, 2.05) is 0 Å². The SMILES string of the molecule is Cl.NC1(c2noc(-c3ccn(-c4ccc(F)cc4)n3)n2)CCC1. The van der Waals surface area contributed by atoms with Crippen molar-refractivity contribution >= 4 is 12.4 Å². The van der Waals surface area contributed by atoms with Gasteiger partial charge in [-0.1, -0.05) is 5.16 Å². The molecule has 1 fully saturated rings. The predicted octanol–water partition coefficient (Wildman–Crippen LogP) is 2.82. The molecule has 6 nitrogen and oxygen atoms in total. The van der Waals surface area contributed by atoms with Crippen LogP contribution >= 0.6 is 12.4 Å². The molecule has 120 valence electrons. The molecule has 1 aromatic carbocycles. The molecular weight excluding hydrogens is 321 g/mol. The largest absolute Gasteiger partial charge is 0.332 e. The van der Waals surface area contributed by atoms with Gasteiger partial charge in [-0.2, -0.15) is 10.1 Å². The monoisotopic (exact) mass is 335 g/mol. The predicted molar refractivity (Wildman–Crippen MR) is 83.8 cm³/mol. The average Bonchev–Trinajstić information content (AvgIpc) is 3.14. The van der Waals surface area contributed by atoms with Gasteiger partial charge in [0.05, 0.1) is 11.2 Å². The molecule has 0 spiro atoms. The molecule has 4 rings (SSSR count). The topological polar surface area (TPSA) is 82.8 Å². The van der Waals surface area contributed by atoms with E-state index in [-0.39, 0.29) is 18.2 Å². The lowest BCUT2D eigenvalue weighted by Gasteiger charge is -2.34. The summed E-state index contributed by atoms with van der Waals surface area (Å²) in [6.07, 6.45) is 4.58. The fraction of sp³-hybridized carbons (Fsp3) is 0.267. The highest BCUT2D eigenvalue weighted by Gasteiger charge is 2.39. The summed E-state index contributed by atoms with van der Waals surface area (Å²) in [5, 5.41) is 8.35. The number of halogens is 2. The molecule has 0 aliphatic heterocycles. The first-order chi connectivity index (χ1) is 10.6. The third kappa shape index (κ3) is 2.73. The minimum absolute atomic E-state index is 0. The van der Waals surface area contributed by atoms with Crippen molar-refractivity contribution in [2.45, 2.75) is 24.8 Å². The Kier molecular flexibility index (Phi) is 3.91. The fourth-order valence-electron chi connectivity index (χ4n) is 2.49. The Hall–Kier alpha value is -2.25. The van der Waals surface area contributed by atoms with Gasteiger partial charge in [0.15, 0.2) is 11.5 Å². The highest BCUT2D eigenvalue weighted by Crippen LogP contribution is 2.37. The van der Waals surface area contributed by atoms with Gasteiger partial charge in [-0.05, 0) is 49.6 Å². The minimum atomic E-state index is -0.457. The number of hydrogen-bond donors (Lipinski definition) is 1. The molecule has 2 heterocycles. The first-order valence-corrected chi connectivity index (χ1v) is 7.09. The Morgan fingerprint density at radius 3 is 2.57 bits per heavy atom. The maximum absolute atomic E-state index is 13.0. The van der Waals surface area contributed by atoms with Crippen molar-refractivity contribution < 1.29 is 8.91 Å². The van der Waals surface area contributed by atoms with Gasteiger partial charge in [0.1, 0.15) is 5.82 Å². The molecule has 0 saturated heterocycles. The average molecular weight is 336 g/mol. The van der Waals surface area contributed by atoms with Crippen LogP contribution in [0, 0.1) is 5.82 Å². The number of aromatic nitrogens is 4. The van der Waals surface area contributed by atoms with Crippen LogP contribution in [0.2, 0.25) is 0 Å². The van der Waals surface area contributed by atoms with Crippen LogP contribution in [-0.2, 0) is 5.54 Å². The summed E-state index contributed by atoms with van der Waals surface area (Å²) in [6, 6.07) is 7.83. The molecular formula is C15H15ClFN5O. The van der Waals surface area contributed by atoms with Crippen LogP contribution in [0.3, 0.4) is 0 Å². The van der Waals surface area contributed by atoms with Gasteiger partial charge in [0.25, 0.3) is 5.89 Å². The number of nitrogens with two attached hydrogens (primary N) is 1. The molecule has 1 saturated carbocycles. The van der Waals surface area contributed by atoms with E-state index < -0.39 is 5.54 Å². The van der Waals surface area contributed by atoms with Gasteiger partial charge in [-0.25, -0.2) is 9.07 Å². The Labute approximate surface area is 137 Å². The van der Waals surface area contributed by atoms with E-state index in [0.29, 0.717) is 17.4 Å². The van der Waals surface area contributed by atoms with E-state index in [9.17, 15) is 4.39 Å². The van der Waals surface area contributed by atoms with Crippen molar-refractivity contribution in [2.75, 3.05) is 0 Å². The number of rotatable bonds is 3. The first kappa shape index (κ1) is 15.6. The maximum Gasteiger partial charge on any atom is 0.278 e. The highest BCUT2D eigenvalue weighted by molar-refractivity contribution is 5.85. The van der Waals surface area contributed by atoms with E-state index in [2.05, 4.69) is 15.2 Å². The normalized spacial score (nSPS) is 15.7. The van der Waals surface area contributed by atoms with E-state index in [1.165, 1.54) is 12.1 Å². The van der Waals surface area contributed by atoms with Crippen LogP contribution in [0.25, 0.3) is 17.3 Å². The van der Waals surface area contributed by atoms with Crippen molar-refractivity contribution in [3.05, 3.63) is 48.2 Å². The summed E-state index contributed by atoms with van der Waals surface area (Å²) in [7, 11) is 0. The summed E-state index contributed by atoms with van der Waals surface area (Å²) in [5.74, 6) is 0.587. The number of hydrogen-bond acceptors (Lipinski definition) is 5. The third-order valence-electron chi connectivity index (χ3n) is 4.02. The van der Waals surface area contributed by atoms with Gasteiger partial charge < -0.3 is 10.3 Å². The van der Waals surface area contributed by atoms with E-state index in [1.54, 1.807) is 29.1 Å². The maximum atomic E-state index is 13.0. The zero-order chi connectivity index (χ0) is 15.2. The molecule has 1 aliphatic rings. The van der Waals surface area contributed by atoms with Crippen molar-refractivity contribution in [1.29, 1.82) is 0 Å². The molecule has 8 heteroatoms. The van der Waals surface area contributed by atoms with E-state index >= 15 is 0 Å². The smallest absolute Gasteiger partial charge is 0.278 e. The quantitative estimate of drug-likeness (QED) is 0.795. The van der Waals surface area contributed by atoms with Crippen molar-refractivity contribution in [3.63, 3.8) is 0 Å². The van der Waals surface area contributed by atoms with Gasteiger partial charge in [-0.3, -0.25) is 0 Å². The van der Waals surface area contributed by atoms with Crippen LogP contribution in [0.5, 0.6) is 0 Å². The Morgan fingerprint density at radius 1 is 1.17 bits per heavy atom. The zero-order valence-corrected chi connectivity index (χ0v) is 13.0. The van der Waals surface area contributed by atoms with Crippen molar-refractivity contribution in [2.24, 2.45) is 5.73 Å². The molecule has 0 bridgehead atoms. The van der Waals surface area contributed by atoms with E-state index in [0.717, 1.165) is 24.9 Å². The third-order valence-corrected chi connectivity index (χ3v) is 4.02. The molecule has 0 radical (unpaired) electrons. The van der Waals surface area contributed by atoms with Gasteiger partial charge in [0.2, 0.25) is 0 Å². The van der Waals surface area contributed by atoms with Crippen LogP contribution < -0.4 is 5.73 Å². The molecule has 0 amide bonds. The lowest BCUT2D eigenvalue weighted by Crippen LogP contribution is -2.44. The number of benzene rings is 1. The summed E-state index contributed by atoms with van der Waals surface area (Å²) in [5.41, 5.74) is 7.04. The van der Waals surface area contributed by atoms with Gasteiger partial charge >= 0.3 is 0 Å². The molecule has 0 atom stereocenters. The highest BCUT2D eigenvalue weighted by atomic mass is 35.5. The second-order valence-electron chi connectivity index (χ2n) is 5.55. The lowest BCUT2D eigenvalue weighted by atomic mass is 9.77. The van der Waals surface area contributed by atoms with Crippen LogP contribution in [-0.4, -0.2) is 19.9 Å². The Bertz CT molecular complexity index is 809. The van der Waals surface area contributed by atoms with Crippen LogP contribution in [0.1, 0.15) is 25.1 Å². The molecule has 2 aromatic heterocycles. The molecule has 0 unspecified atom stereocenters. The standard InChI is InChI=1S/C15H14FN5O.ClH/c16-10-2-4-11(5-3-10)21-9-6-12(19-21)13-18-14(20-22-13)15(17)7-1-8-15;/h2-6,9H,1,7-8,17H2;1H. The minimum Gasteiger partial charge on any atom is -0.332 e.